The van der Waals surface area contributed by atoms with E-state index in [0.29, 0.717) is 5.92 Å². The topological polar surface area (TPSA) is 35.2 Å². The maximum absolute atomic E-state index is 6.25. The third kappa shape index (κ3) is 4.25. The third-order valence-corrected chi connectivity index (χ3v) is 3.98. The Morgan fingerprint density at radius 1 is 1.38 bits per heavy atom. The van der Waals surface area contributed by atoms with Gasteiger partial charge in [-0.3, -0.25) is 0 Å². The lowest BCUT2D eigenvalue weighted by molar-refractivity contribution is 0.288. The van der Waals surface area contributed by atoms with E-state index in [0.717, 1.165) is 29.9 Å². The highest BCUT2D eigenvalue weighted by atomic mass is 16.5. The van der Waals surface area contributed by atoms with Crippen molar-refractivity contribution in [1.82, 2.24) is 0 Å². The molecular weight excluding hydrogens is 258 g/mol. The van der Waals surface area contributed by atoms with Gasteiger partial charge in [0.2, 0.25) is 0 Å². The zero-order valence-corrected chi connectivity index (χ0v) is 13.6. The molecule has 1 aromatic carbocycles. The number of hydrogen-bond acceptors (Lipinski definition) is 2. The minimum Gasteiger partial charge on any atom is -0.499 e. The summed E-state index contributed by atoms with van der Waals surface area (Å²) < 4.78 is 5.28. The van der Waals surface area contributed by atoms with E-state index in [1.54, 1.807) is 7.11 Å². The smallest absolute Gasteiger partial charge is 0.116 e. The van der Waals surface area contributed by atoms with Gasteiger partial charge in [-0.15, -0.1) is 0 Å². The van der Waals surface area contributed by atoms with E-state index in [1.165, 1.54) is 11.1 Å². The van der Waals surface area contributed by atoms with Gasteiger partial charge in [0.05, 0.1) is 12.8 Å². The maximum Gasteiger partial charge on any atom is 0.116 e. The van der Waals surface area contributed by atoms with Crippen molar-refractivity contribution in [2.24, 2.45) is 11.7 Å². The standard InChI is InChI=1S/C19H27NO/c1-6-15-11-9-10-12-17(15)13-16(7-2)18(8-3)19(20)14(4)21-5/h6,8-12,16H,1,7,13,20H2,2-5H3/b18-8-,19-14-. The van der Waals surface area contributed by atoms with Crippen molar-refractivity contribution in [2.45, 2.75) is 33.6 Å². The van der Waals surface area contributed by atoms with Crippen LogP contribution in [0.3, 0.4) is 0 Å². The Bertz CT molecular complexity index is 540. The second-order valence-electron chi connectivity index (χ2n) is 5.13. The van der Waals surface area contributed by atoms with Crippen LogP contribution in [0.1, 0.15) is 38.3 Å². The fourth-order valence-electron chi connectivity index (χ4n) is 2.58. The first-order chi connectivity index (χ1) is 10.1. The summed E-state index contributed by atoms with van der Waals surface area (Å²) in [7, 11) is 1.66. The Morgan fingerprint density at radius 2 is 2.05 bits per heavy atom. The van der Waals surface area contributed by atoms with Crippen molar-refractivity contribution >= 4 is 6.08 Å². The van der Waals surface area contributed by atoms with Crippen LogP contribution in [-0.4, -0.2) is 7.11 Å². The molecule has 0 aliphatic heterocycles. The van der Waals surface area contributed by atoms with E-state index in [9.17, 15) is 0 Å². The monoisotopic (exact) mass is 285 g/mol. The first-order valence-corrected chi connectivity index (χ1v) is 7.46. The van der Waals surface area contributed by atoms with E-state index in [4.69, 9.17) is 10.5 Å². The molecule has 114 valence electrons. The van der Waals surface area contributed by atoms with E-state index in [-0.39, 0.29) is 0 Å². The highest BCUT2D eigenvalue weighted by Gasteiger charge is 2.17. The van der Waals surface area contributed by atoms with E-state index < -0.39 is 0 Å². The molecule has 2 nitrogen and oxygen atoms in total. The van der Waals surface area contributed by atoms with Crippen LogP contribution in [0.2, 0.25) is 0 Å². The van der Waals surface area contributed by atoms with Crippen molar-refractivity contribution in [3.8, 4) is 0 Å². The second-order valence-corrected chi connectivity index (χ2v) is 5.13. The lowest BCUT2D eigenvalue weighted by Gasteiger charge is -2.21. The summed E-state index contributed by atoms with van der Waals surface area (Å²) in [5.41, 5.74) is 10.7. The molecule has 21 heavy (non-hydrogen) atoms. The van der Waals surface area contributed by atoms with E-state index >= 15 is 0 Å². The fourth-order valence-corrected chi connectivity index (χ4v) is 2.58. The molecule has 0 aliphatic carbocycles. The number of ether oxygens (including phenoxy) is 1. The molecule has 0 saturated carbocycles. The summed E-state index contributed by atoms with van der Waals surface area (Å²) in [5, 5.41) is 0. The molecule has 0 saturated heterocycles. The predicted octanol–water partition coefficient (Wildman–Crippen LogP) is 4.68. The normalized spacial score (nSPS) is 14.4. The summed E-state index contributed by atoms with van der Waals surface area (Å²) in [6.07, 6.45) is 6.00. The molecule has 2 N–H and O–H groups in total. The summed E-state index contributed by atoms with van der Waals surface area (Å²) in [4.78, 5) is 0. The number of allylic oxidation sites excluding steroid dienone is 3. The van der Waals surface area contributed by atoms with E-state index in [2.05, 4.69) is 37.8 Å². The second kappa shape index (κ2) is 8.35. The predicted molar refractivity (Wildman–Crippen MR) is 91.7 cm³/mol. The fraction of sp³-hybridized carbons (Fsp3) is 0.368. The van der Waals surface area contributed by atoms with Gasteiger partial charge < -0.3 is 10.5 Å². The van der Waals surface area contributed by atoms with Crippen molar-refractivity contribution in [2.75, 3.05) is 7.11 Å². The van der Waals surface area contributed by atoms with Gasteiger partial charge in [-0.1, -0.05) is 49.9 Å². The molecule has 0 spiro atoms. The van der Waals surface area contributed by atoms with Crippen molar-refractivity contribution in [3.05, 3.63) is 65.1 Å². The maximum atomic E-state index is 6.25. The molecule has 0 heterocycles. The Morgan fingerprint density at radius 3 is 2.57 bits per heavy atom. The van der Waals surface area contributed by atoms with Crippen LogP contribution in [0.5, 0.6) is 0 Å². The average Bonchev–Trinajstić information content (AvgIpc) is 2.53. The molecule has 1 unspecified atom stereocenters. The van der Waals surface area contributed by atoms with Crippen LogP contribution in [0, 0.1) is 5.92 Å². The Kier molecular flexibility index (Phi) is 6.80. The van der Waals surface area contributed by atoms with Gasteiger partial charge in [0.25, 0.3) is 0 Å². The molecule has 1 aromatic rings. The molecule has 0 fully saturated rings. The van der Waals surface area contributed by atoms with Crippen LogP contribution in [0.25, 0.3) is 6.08 Å². The van der Waals surface area contributed by atoms with Gasteiger partial charge in [-0.25, -0.2) is 0 Å². The average molecular weight is 285 g/mol. The summed E-state index contributed by atoms with van der Waals surface area (Å²) in [6.45, 7) is 10.0. The molecule has 1 atom stereocenters. The molecule has 0 bridgehead atoms. The minimum absolute atomic E-state index is 0.376. The molecule has 0 amide bonds. The van der Waals surface area contributed by atoms with Gasteiger partial charge >= 0.3 is 0 Å². The first-order valence-electron chi connectivity index (χ1n) is 7.46. The van der Waals surface area contributed by atoms with Crippen LogP contribution in [-0.2, 0) is 11.2 Å². The Hall–Kier alpha value is -1.96. The van der Waals surface area contributed by atoms with Crippen molar-refractivity contribution in [3.63, 3.8) is 0 Å². The molecular formula is C19H27NO. The van der Waals surface area contributed by atoms with Gasteiger partial charge in [-0.2, -0.15) is 0 Å². The summed E-state index contributed by atoms with van der Waals surface area (Å²) in [5.74, 6) is 1.15. The zero-order chi connectivity index (χ0) is 15.8. The molecule has 0 radical (unpaired) electrons. The first kappa shape index (κ1) is 17.1. The largest absolute Gasteiger partial charge is 0.499 e. The Labute approximate surface area is 129 Å². The lowest BCUT2D eigenvalue weighted by Crippen LogP contribution is -2.16. The molecule has 0 aromatic heterocycles. The lowest BCUT2D eigenvalue weighted by atomic mass is 9.86. The van der Waals surface area contributed by atoms with Crippen LogP contribution < -0.4 is 5.73 Å². The van der Waals surface area contributed by atoms with Gasteiger partial charge in [-0.05, 0) is 49.3 Å². The molecule has 1 rings (SSSR count). The zero-order valence-electron chi connectivity index (χ0n) is 13.6. The SMILES string of the molecule is C=Cc1ccccc1CC(CC)C(=C/C)/C(N)=C(\C)OC. The van der Waals surface area contributed by atoms with Gasteiger partial charge in [0.15, 0.2) is 0 Å². The van der Waals surface area contributed by atoms with Crippen LogP contribution in [0.15, 0.2) is 53.9 Å². The quantitative estimate of drug-likeness (QED) is 0.583. The van der Waals surface area contributed by atoms with Gasteiger partial charge in [0.1, 0.15) is 5.76 Å². The molecule has 0 aliphatic rings. The summed E-state index contributed by atoms with van der Waals surface area (Å²) >= 11 is 0. The number of methoxy groups -OCH3 is 1. The van der Waals surface area contributed by atoms with Crippen molar-refractivity contribution < 1.29 is 4.74 Å². The number of nitrogens with two attached hydrogens (primary N) is 1. The number of rotatable bonds is 7. The minimum atomic E-state index is 0.376. The highest BCUT2D eigenvalue weighted by Crippen LogP contribution is 2.27. The van der Waals surface area contributed by atoms with Crippen molar-refractivity contribution in [1.29, 1.82) is 0 Å². The third-order valence-electron chi connectivity index (χ3n) is 3.98. The van der Waals surface area contributed by atoms with Gasteiger partial charge in [0, 0.05) is 0 Å². The van der Waals surface area contributed by atoms with Crippen LogP contribution in [0.4, 0.5) is 0 Å². The highest BCUT2D eigenvalue weighted by molar-refractivity contribution is 5.52. The molecule has 2 heteroatoms. The van der Waals surface area contributed by atoms with E-state index in [1.807, 2.05) is 26.0 Å². The number of benzene rings is 1. The number of hydrogen-bond donors (Lipinski definition) is 1. The Balaban J connectivity index is 3.10. The van der Waals surface area contributed by atoms with Crippen LogP contribution >= 0.6 is 0 Å². The summed E-state index contributed by atoms with van der Waals surface area (Å²) in [6, 6.07) is 8.38.